The molecule has 1 aromatic carbocycles. The number of fused-ring (bicyclic) bond motifs is 1. The minimum absolute atomic E-state index is 0.0295. The summed E-state index contributed by atoms with van der Waals surface area (Å²) in [5.41, 5.74) is 4.57. The van der Waals surface area contributed by atoms with Crippen molar-refractivity contribution in [1.29, 1.82) is 0 Å². The molecule has 3 aromatic rings. The van der Waals surface area contributed by atoms with E-state index in [0.29, 0.717) is 25.1 Å². The Morgan fingerprint density at radius 2 is 2.00 bits per heavy atom. The van der Waals surface area contributed by atoms with Crippen LogP contribution in [-0.2, 0) is 34.0 Å². The highest BCUT2D eigenvalue weighted by atomic mass is 32.2. The normalized spacial score (nSPS) is 14.0. The van der Waals surface area contributed by atoms with E-state index in [-0.39, 0.29) is 17.2 Å². The number of amides is 1. The number of hydrogen-bond donors (Lipinski definition) is 1. The smallest absolute Gasteiger partial charge is 0.227 e. The summed E-state index contributed by atoms with van der Waals surface area (Å²) < 4.78 is 23.5. The minimum Gasteiger partial charge on any atom is -0.338 e. The van der Waals surface area contributed by atoms with Crippen molar-refractivity contribution >= 4 is 15.7 Å². The van der Waals surface area contributed by atoms with Crippen LogP contribution in [0.4, 0.5) is 0 Å². The molecule has 3 heterocycles. The van der Waals surface area contributed by atoms with E-state index >= 15 is 0 Å². The summed E-state index contributed by atoms with van der Waals surface area (Å²) in [5, 5.41) is 7.51. The maximum Gasteiger partial charge on any atom is 0.227 e. The average Bonchev–Trinajstić information content (AvgIpc) is 3.11. The van der Waals surface area contributed by atoms with Gasteiger partial charge in [0, 0.05) is 55.0 Å². The third-order valence-corrected chi connectivity index (χ3v) is 6.03. The lowest BCUT2D eigenvalue weighted by Crippen LogP contribution is -2.36. The molecule has 0 atom stereocenters. The van der Waals surface area contributed by atoms with Gasteiger partial charge in [0.25, 0.3) is 0 Å². The number of hydrogen-bond acceptors (Lipinski definition) is 5. The van der Waals surface area contributed by atoms with E-state index in [4.69, 9.17) is 0 Å². The topological polar surface area (TPSA) is 96.0 Å². The molecule has 1 N–H and O–H groups in total. The van der Waals surface area contributed by atoms with Crippen molar-refractivity contribution in [2.45, 2.75) is 24.3 Å². The first-order chi connectivity index (χ1) is 13.4. The Morgan fingerprint density at radius 3 is 2.75 bits per heavy atom. The fourth-order valence-electron chi connectivity index (χ4n) is 3.43. The number of H-pyrrole nitrogens is 1. The lowest BCUT2D eigenvalue weighted by atomic mass is 10.0. The molecule has 0 unspecified atom stereocenters. The van der Waals surface area contributed by atoms with E-state index in [1.807, 2.05) is 12.1 Å². The van der Waals surface area contributed by atoms with E-state index in [1.165, 1.54) is 6.26 Å². The van der Waals surface area contributed by atoms with Crippen LogP contribution in [0.2, 0.25) is 0 Å². The van der Waals surface area contributed by atoms with Crippen LogP contribution in [0.15, 0.2) is 53.7 Å². The molecule has 1 amide bonds. The van der Waals surface area contributed by atoms with Gasteiger partial charge in [0.2, 0.25) is 5.91 Å². The van der Waals surface area contributed by atoms with Crippen molar-refractivity contribution < 1.29 is 13.2 Å². The second-order valence-electron chi connectivity index (χ2n) is 6.93. The molecule has 1 aliphatic heterocycles. The van der Waals surface area contributed by atoms with Gasteiger partial charge >= 0.3 is 0 Å². The molecule has 0 fully saturated rings. The van der Waals surface area contributed by atoms with Gasteiger partial charge in [0.15, 0.2) is 9.84 Å². The number of rotatable bonds is 4. The van der Waals surface area contributed by atoms with Gasteiger partial charge in [-0.1, -0.05) is 12.1 Å². The van der Waals surface area contributed by atoms with Crippen LogP contribution in [0.25, 0.3) is 11.3 Å². The van der Waals surface area contributed by atoms with Crippen molar-refractivity contribution in [2.24, 2.45) is 0 Å². The van der Waals surface area contributed by atoms with Crippen LogP contribution in [-0.4, -0.2) is 47.2 Å². The largest absolute Gasteiger partial charge is 0.338 e. The molecular formula is C20H20N4O3S. The maximum atomic E-state index is 12.8. The van der Waals surface area contributed by atoms with Crippen LogP contribution >= 0.6 is 0 Å². The van der Waals surface area contributed by atoms with Crippen LogP contribution in [0, 0.1) is 0 Å². The number of pyridine rings is 1. The zero-order valence-electron chi connectivity index (χ0n) is 15.4. The van der Waals surface area contributed by atoms with Gasteiger partial charge in [-0.25, -0.2) is 8.42 Å². The monoisotopic (exact) mass is 396 g/mol. The lowest BCUT2D eigenvalue weighted by molar-refractivity contribution is -0.131. The van der Waals surface area contributed by atoms with Crippen LogP contribution in [0.1, 0.15) is 16.8 Å². The summed E-state index contributed by atoms with van der Waals surface area (Å²) in [5.74, 6) is -0.0295. The summed E-state index contributed by atoms with van der Waals surface area (Å²) in [7, 11) is -3.30. The Hall–Kier alpha value is -3.00. The molecule has 28 heavy (non-hydrogen) atoms. The van der Waals surface area contributed by atoms with E-state index in [9.17, 15) is 13.2 Å². The van der Waals surface area contributed by atoms with Crippen LogP contribution in [0.5, 0.6) is 0 Å². The fraction of sp³-hybridized carbons (Fsp3) is 0.250. The SMILES string of the molecule is CS(=O)(=O)c1cccc(CC(=O)N2CCc3[nH]nc(-c4ccncc4)c3C2)c1. The first kappa shape index (κ1) is 18.4. The van der Waals surface area contributed by atoms with E-state index in [1.54, 1.807) is 41.6 Å². The quantitative estimate of drug-likeness (QED) is 0.728. The molecule has 2 aromatic heterocycles. The van der Waals surface area contributed by atoms with E-state index in [2.05, 4.69) is 15.2 Å². The summed E-state index contributed by atoms with van der Waals surface area (Å²) in [6, 6.07) is 10.4. The lowest BCUT2D eigenvalue weighted by Gasteiger charge is -2.27. The molecule has 0 saturated heterocycles. The number of benzene rings is 1. The highest BCUT2D eigenvalue weighted by Crippen LogP contribution is 2.28. The second kappa shape index (κ2) is 7.20. The van der Waals surface area contributed by atoms with Gasteiger partial charge in [-0.15, -0.1) is 0 Å². The van der Waals surface area contributed by atoms with Gasteiger partial charge in [-0.3, -0.25) is 14.9 Å². The Balaban J connectivity index is 1.53. The molecule has 4 rings (SSSR count). The molecule has 0 radical (unpaired) electrons. The number of carbonyl (C=O) groups excluding carboxylic acids is 1. The highest BCUT2D eigenvalue weighted by Gasteiger charge is 2.25. The zero-order valence-corrected chi connectivity index (χ0v) is 16.2. The third-order valence-electron chi connectivity index (χ3n) is 4.92. The highest BCUT2D eigenvalue weighted by molar-refractivity contribution is 7.90. The predicted octanol–water partition coefficient (Wildman–Crippen LogP) is 2.00. The molecule has 0 bridgehead atoms. The summed E-state index contributed by atoms with van der Waals surface area (Å²) in [4.78, 5) is 18.9. The molecule has 8 heteroatoms. The maximum absolute atomic E-state index is 12.8. The van der Waals surface area contributed by atoms with E-state index < -0.39 is 9.84 Å². The number of carbonyl (C=O) groups is 1. The third kappa shape index (κ3) is 3.68. The molecule has 1 aliphatic rings. The predicted molar refractivity (Wildman–Crippen MR) is 104 cm³/mol. The molecule has 0 saturated carbocycles. The van der Waals surface area contributed by atoms with Gasteiger partial charge in [-0.2, -0.15) is 5.10 Å². The molecule has 0 spiro atoms. The first-order valence-electron chi connectivity index (χ1n) is 8.95. The Kier molecular flexibility index (Phi) is 4.72. The molecule has 7 nitrogen and oxygen atoms in total. The number of sulfone groups is 1. The van der Waals surface area contributed by atoms with Crippen molar-refractivity contribution in [1.82, 2.24) is 20.1 Å². The van der Waals surface area contributed by atoms with Gasteiger partial charge < -0.3 is 4.90 Å². The number of aromatic amines is 1. The standard InChI is InChI=1S/C20H20N4O3S/c1-28(26,27)16-4-2-3-14(11-16)12-19(25)24-10-7-18-17(13-24)20(23-22-18)15-5-8-21-9-6-15/h2-6,8-9,11H,7,10,12-13H2,1H3,(H,22,23). The number of nitrogens with zero attached hydrogens (tertiary/aromatic N) is 3. The molecule has 0 aliphatic carbocycles. The zero-order chi connectivity index (χ0) is 19.7. The first-order valence-corrected chi connectivity index (χ1v) is 10.8. The van der Waals surface area contributed by atoms with Crippen molar-refractivity contribution in [3.63, 3.8) is 0 Å². The van der Waals surface area contributed by atoms with Gasteiger partial charge in [0.05, 0.1) is 17.0 Å². The Morgan fingerprint density at radius 1 is 1.21 bits per heavy atom. The summed E-state index contributed by atoms with van der Waals surface area (Å²) in [6.07, 6.45) is 5.48. The van der Waals surface area contributed by atoms with Crippen molar-refractivity contribution in [2.75, 3.05) is 12.8 Å². The average molecular weight is 396 g/mol. The minimum atomic E-state index is -3.30. The molecular weight excluding hydrogens is 376 g/mol. The van der Waals surface area contributed by atoms with Gasteiger partial charge in [0.1, 0.15) is 0 Å². The second-order valence-corrected chi connectivity index (χ2v) is 8.94. The number of aromatic nitrogens is 3. The van der Waals surface area contributed by atoms with Gasteiger partial charge in [-0.05, 0) is 29.8 Å². The summed E-state index contributed by atoms with van der Waals surface area (Å²) >= 11 is 0. The van der Waals surface area contributed by atoms with Crippen molar-refractivity contribution in [3.8, 4) is 11.3 Å². The van der Waals surface area contributed by atoms with Crippen molar-refractivity contribution in [3.05, 3.63) is 65.6 Å². The number of nitrogens with one attached hydrogen (secondary N) is 1. The Bertz CT molecular complexity index is 1120. The van der Waals surface area contributed by atoms with Crippen LogP contribution in [0.3, 0.4) is 0 Å². The molecule has 144 valence electrons. The summed E-state index contributed by atoms with van der Waals surface area (Å²) in [6.45, 7) is 1.09. The Labute approximate surface area is 163 Å². The fourth-order valence-corrected chi connectivity index (χ4v) is 4.12. The van der Waals surface area contributed by atoms with E-state index in [0.717, 1.165) is 22.5 Å². The van der Waals surface area contributed by atoms with Crippen LogP contribution < -0.4 is 0 Å².